The molecule has 1 fully saturated rings. The zero-order valence-corrected chi connectivity index (χ0v) is 13.9. The lowest BCUT2D eigenvalue weighted by molar-refractivity contribution is -0.122. The zero-order valence-electron chi connectivity index (χ0n) is 13.1. The molecule has 4 rings (SSSR count). The number of carbonyl (C=O) groups is 2. The smallest absolute Gasteiger partial charge is 0.231 e. The normalized spacial score (nSPS) is 17.4. The maximum Gasteiger partial charge on any atom is 0.231 e. The van der Waals surface area contributed by atoms with Gasteiger partial charge in [0.15, 0.2) is 5.82 Å². The molecule has 8 nitrogen and oxygen atoms in total. The van der Waals surface area contributed by atoms with Crippen LogP contribution in [0.2, 0.25) is 0 Å². The van der Waals surface area contributed by atoms with Crippen molar-refractivity contribution in [3.05, 3.63) is 29.0 Å². The molecule has 10 heteroatoms. The molecule has 0 unspecified atom stereocenters. The summed E-state index contributed by atoms with van der Waals surface area (Å²) in [7, 11) is 0. The average molecular weight is 360 g/mol. The summed E-state index contributed by atoms with van der Waals surface area (Å²) < 4.78 is 14.1. The van der Waals surface area contributed by atoms with Crippen molar-refractivity contribution in [1.82, 2.24) is 20.4 Å². The van der Waals surface area contributed by atoms with Gasteiger partial charge < -0.3 is 5.32 Å². The van der Waals surface area contributed by atoms with Crippen LogP contribution in [0.25, 0.3) is 10.9 Å². The predicted molar refractivity (Wildman–Crippen MR) is 89.8 cm³/mol. The molecule has 0 radical (unpaired) electrons. The van der Waals surface area contributed by atoms with E-state index in [9.17, 15) is 14.0 Å². The molecule has 2 amide bonds. The van der Waals surface area contributed by atoms with E-state index in [-0.39, 0.29) is 36.0 Å². The molecule has 1 aliphatic heterocycles. The topological polar surface area (TPSA) is 104 Å². The van der Waals surface area contributed by atoms with Crippen LogP contribution in [0.3, 0.4) is 0 Å². The number of nitrogens with zero attached hydrogens (tertiary/aromatic N) is 4. The highest BCUT2D eigenvalue weighted by atomic mass is 32.1. The zero-order chi connectivity index (χ0) is 17.6. The van der Waals surface area contributed by atoms with Crippen molar-refractivity contribution in [2.75, 3.05) is 16.8 Å². The first-order valence-corrected chi connectivity index (χ1v) is 8.38. The number of benzene rings is 1. The SMILES string of the molecule is Cc1nnc(NC(=O)[C@@H]2CC(=O)N(c3n[nH]c4cccc(F)c34)C2)s1. The number of anilines is 2. The number of hydrogen-bond acceptors (Lipinski definition) is 6. The van der Waals surface area contributed by atoms with Crippen LogP contribution < -0.4 is 10.2 Å². The molecular weight excluding hydrogens is 347 g/mol. The summed E-state index contributed by atoms with van der Waals surface area (Å²) >= 11 is 1.26. The summed E-state index contributed by atoms with van der Waals surface area (Å²) in [5, 5.41) is 18.5. The molecular formula is C15H13FN6O2S. The average Bonchev–Trinajstić information content (AvgIpc) is 3.26. The summed E-state index contributed by atoms with van der Waals surface area (Å²) in [6, 6.07) is 4.55. The Hall–Kier alpha value is -2.88. The maximum absolute atomic E-state index is 14.1. The second-order valence-electron chi connectivity index (χ2n) is 5.73. The molecule has 25 heavy (non-hydrogen) atoms. The number of aromatic nitrogens is 4. The van der Waals surface area contributed by atoms with Crippen LogP contribution in [-0.4, -0.2) is 38.8 Å². The van der Waals surface area contributed by atoms with Crippen LogP contribution in [-0.2, 0) is 9.59 Å². The summed E-state index contributed by atoms with van der Waals surface area (Å²) in [6.07, 6.45) is 0.0342. The summed E-state index contributed by atoms with van der Waals surface area (Å²) in [5.41, 5.74) is 0.500. The fourth-order valence-corrected chi connectivity index (χ4v) is 3.45. The van der Waals surface area contributed by atoms with Gasteiger partial charge in [0.25, 0.3) is 0 Å². The first-order chi connectivity index (χ1) is 12.0. The third kappa shape index (κ3) is 2.74. The number of amides is 2. The van der Waals surface area contributed by atoms with Crippen LogP contribution >= 0.6 is 11.3 Å². The number of aromatic amines is 1. The van der Waals surface area contributed by atoms with Gasteiger partial charge in [-0.05, 0) is 19.1 Å². The van der Waals surface area contributed by atoms with E-state index in [0.29, 0.717) is 10.6 Å². The third-order valence-electron chi connectivity index (χ3n) is 4.03. The minimum absolute atomic E-state index is 0.0342. The van der Waals surface area contributed by atoms with Gasteiger partial charge in [0.1, 0.15) is 10.8 Å². The molecule has 2 N–H and O–H groups in total. The Morgan fingerprint density at radius 3 is 3.04 bits per heavy atom. The number of rotatable bonds is 3. The second kappa shape index (κ2) is 5.88. The fraction of sp³-hybridized carbons (Fsp3) is 0.267. The molecule has 0 bridgehead atoms. The minimum atomic E-state index is -0.560. The molecule has 0 aliphatic carbocycles. The van der Waals surface area contributed by atoms with E-state index in [4.69, 9.17) is 0 Å². The summed E-state index contributed by atoms with van der Waals surface area (Å²) in [4.78, 5) is 26.0. The van der Waals surface area contributed by atoms with Gasteiger partial charge >= 0.3 is 0 Å². The molecule has 1 aliphatic rings. The fourth-order valence-electron chi connectivity index (χ4n) is 2.85. The number of H-pyrrole nitrogens is 1. The van der Waals surface area contributed by atoms with E-state index < -0.39 is 11.7 Å². The number of carbonyl (C=O) groups excluding carboxylic acids is 2. The molecule has 3 heterocycles. The van der Waals surface area contributed by atoms with Gasteiger partial charge in [-0.1, -0.05) is 17.4 Å². The number of halogens is 1. The van der Waals surface area contributed by atoms with Gasteiger partial charge in [0.2, 0.25) is 16.9 Å². The van der Waals surface area contributed by atoms with E-state index >= 15 is 0 Å². The highest BCUT2D eigenvalue weighted by Crippen LogP contribution is 2.31. The Morgan fingerprint density at radius 1 is 1.44 bits per heavy atom. The Balaban J connectivity index is 1.56. The Labute approximate surface area is 145 Å². The van der Waals surface area contributed by atoms with Crippen LogP contribution in [0.5, 0.6) is 0 Å². The monoisotopic (exact) mass is 360 g/mol. The highest BCUT2D eigenvalue weighted by Gasteiger charge is 2.37. The summed E-state index contributed by atoms with van der Waals surface area (Å²) in [5.74, 6) is -1.40. The van der Waals surface area contributed by atoms with E-state index in [2.05, 4.69) is 25.7 Å². The lowest BCUT2D eigenvalue weighted by Crippen LogP contribution is -2.28. The van der Waals surface area contributed by atoms with Crippen LogP contribution in [0, 0.1) is 18.7 Å². The molecule has 0 spiro atoms. The predicted octanol–water partition coefficient (Wildman–Crippen LogP) is 1.85. The minimum Gasteiger partial charge on any atom is -0.300 e. The number of hydrogen-bond donors (Lipinski definition) is 2. The lowest BCUT2D eigenvalue weighted by atomic mass is 10.1. The first-order valence-electron chi connectivity index (χ1n) is 7.57. The number of aryl methyl sites for hydroxylation is 1. The van der Waals surface area contributed by atoms with Crippen LogP contribution in [0.1, 0.15) is 11.4 Å². The summed E-state index contributed by atoms with van der Waals surface area (Å²) in [6.45, 7) is 1.92. The van der Waals surface area contributed by atoms with Gasteiger partial charge in [-0.3, -0.25) is 19.6 Å². The van der Waals surface area contributed by atoms with E-state index in [1.165, 1.54) is 22.3 Å². The van der Waals surface area contributed by atoms with Crippen molar-refractivity contribution in [3.8, 4) is 0 Å². The first kappa shape index (κ1) is 15.6. The highest BCUT2D eigenvalue weighted by molar-refractivity contribution is 7.15. The van der Waals surface area contributed by atoms with Gasteiger partial charge in [-0.2, -0.15) is 5.10 Å². The van der Waals surface area contributed by atoms with E-state index in [1.54, 1.807) is 19.1 Å². The Kier molecular flexibility index (Phi) is 3.68. The molecule has 0 saturated carbocycles. The molecule has 1 atom stereocenters. The van der Waals surface area contributed by atoms with Gasteiger partial charge in [-0.15, -0.1) is 10.2 Å². The molecule has 2 aromatic heterocycles. The van der Waals surface area contributed by atoms with E-state index in [0.717, 1.165) is 5.01 Å². The number of fused-ring (bicyclic) bond motifs is 1. The lowest BCUT2D eigenvalue weighted by Gasteiger charge is -2.14. The Morgan fingerprint density at radius 2 is 2.28 bits per heavy atom. The molecule has 3 aromatic rings. The standard InChI is InChI=1S/C15H13FN6O2S/c1-7-18-21-15(25-7)17-14(24)8-5-11(23)22(6-8)13-12-9(16)3-2-4-10(12)19-20-13/h2-4,8H,5-6H2,1H3,(H,19,20)(H,17,21,24)/t8-/m1/s1. The quantitative estimate of drug-likeness (QED) is 0.742. The van der Waals surface area contributed by atoms with Crippen molar-refractivity contribution >= 4 is 45.0 Å². The van der Waals surface area contributed by atoms with Gasteiger partial charge in [-0.25, -0.2) is 4.39 Å². The third-order valence-corrected chi connectivity index (χ3v) is 4.78. The van der Waals surface area contributed by atoms with Crippen molar-refractivity contribution in [2.45, 2.75) is 13.3 Å². The van der Waals surface area contributed by atoms with Crippen molar-refractivity contribution in [3.63, 3.8) is 0 Å². The molecule has 1 saturated heterocycles. The Bertz CT molecular complexity index is 983. The van der Waals surface area contributed by atoms with Crippen molar-refractivity contribution in [1.29, 1.82) is 0 Å². The number of nitrogens with one attached hydrogen (secondary N) is 2. The van der Waals surface area contributed by atoms with Gasteiger partial charge in [0.05, 0.1) is 16.8 Å². The van der Waals surface area contributed by atoms with Crippen LogP contribution in [0.4, 0.5) is 15.3 Å². The van der Waals surface area contributed by atoms with Crippen molar-refractivity contribution < 1.29 is 14.0 Å². The largest absolute Gasteiger partial charge is 0.300 e. The molecule has 128 valence electrons. The maximum atomic E-state index is 14.1. The van der Waals surface area contributed by atoms with Crippen molar-refractivity contribution in [2.24, 2.45) is 5.92 Å². The van der Waals surface area contributed by atoms with E-state index in [1.807, 2.05) is 0 Å². The second-order valence-corrected chi connectivity index (χ2v) is 6.91. The van der Waals surface area contributed by atoms with Crippen LogP contribution in [0.15, 0.2) is 18.2 Å². The molecule has 1 aromatic carbocycles. The van der Waals surface area contributed by atoms with Gasteiger partial charge in [0, 0.05) is 13.0 Å².